The molecule has 0 bridgehead atoms. The molecule has 7 heteroatoms. The SMILES string of the molecule is CCCCNC(=O)c1cccc(NC(=S)NC(=O)c2ccccc2OCC(C)C)c1. The number of thiocarbonyl (C=S) groups is 1. The summed E-state index contributed by atoms with van der Waals surface area (Å²) in [5.74, 6) is 0.353. The van der Waals surface area contributed by atoms with Crippen molar-refractivity contribution in [2.45, 2.75) is 33.6 Å². The normalized spacial score (nSPS) is 10.4. The number of para-hydroxylation sites is 1. The second kappa shape index (κ2) is 11.9. The first-order chi connectivity index (χ1) is 14.4. The fraction of sp³-hybridized carbons (Fsp3) is 0.348. The molecule has 6 nitrogen and oxygen atoms in total. The van der Waals surface area contributed by atoms with Crippen molar-refractivity contribution in [2.24, 2.45) is 5.92 Å². The van der Waals surface area contributed by atoms with Gasteiger partial charge in [-0.1, -0.05) is 45.4 Å². The summed E-state index contributed by atoms with van der Waals surface area (Å²) >= 11 is 5.27. The summed E-state index contributed by atoms with van der Waals surface area (Å²) in [6.45, 7) is 7.31. The number of carbonyl (C=O) groups excluding carboxylic acids is 2. The van der Waals surface area contributed by atoms with Crippen molar-refractivity contribution < 1.29 is 14.3 Å². The Bertz CT molecular complexity index is 884. The lowest BCUT2D eigenvalue weighted by Crippen LogP contribution is -2.34. The maximum Gasteiger partial charge on any atom is 0.261 e. The molecular weight excluding hydrogens is 398 g/mol. The van der Waals surface area contributed by atoms with Crippen molar-refractivity contribution in [3.8, 4) is 5.75 Å². The molecule has 0 spiro atoms. The summed E-state index contributed by atoms with van der Waals surface area (Å²) in [5, 5.41) is 8.64. The van der Waals surface area contributed by atoms with Crippen LogP contribution in [-0.4, -0.2) is 30.1 Å². The van der Waals surface area contributed by atoms with E-state index in [1.54, 1.807) is 42.5 Å². The largest absolute Gasteiger partial charge is 0.492 e. The van der Waals surface area contributed by atoms with Gasteiger partial charge in [-0.15, -0.1) is 0 Å². The highest BCUT2D eigenvalue weighted by Gasteiger charge is 2.14. The first-order valence-electron chi connectivity index (χ1n) is 10.1. The summed E-state index contributed by atoms with van der Waals surface area (Å²) < 4.78 is 5.73. The van der Waals surface area contributed by atoms with Gasteiger partial charge in [-0.3, -0.25) is 14.9 Å². The fourth-order valence-electron chi connectivity index (χ4n) is 2.59. The van der Waals surface area contributed by atoms with Crippen molar-refractivity contribution in [3.05, 3.63) is 59.7 Å². The van der Waals surface area contributed by atoms with Gasteiger partial charge in [-0.05, 0) is 54.9 Å². The molecule has 0 aliphatic rings. The number of nitrogens with one attached hydrogen (secondary N) is 3. The smallest absolute Gasteiger partial charge is 0.261 e. The van der Waals surface area contributed by atoms with E-state index in [0.29, 0.717) is 41.6 Å². The van der Waals surface area contributed by atoms with Crippen LogP contribution >= 0.6 is 12.2 Å². The summed E-state index contributed by atoms with van der Waals surface area (Å²) in [7, 11) is 0. The highest BCUT2D eigenvalue weighted by atomic mass is 32.1. The zero-order chi connectivity index (χ0) is 21.9. The Morgan fingerprint density at radius 3 is 2.57 bits per heavy atom. The summed E-state index contributed by atoms with van der Waals surface area (Å²) in [4.78, 5) is 24.9. The Kier molecular flexibility index (Phi) is 9.28. The highest BCUT2D eigenvalue weighted by Crippen LogP contribution is 2.19. The zero-order valence-electron chi connectivity index (χ0n) is 17.7. The summed E-state index contributed by atoms with van der Waals surface area (Å²) in [6.07, 6.45) is 1.95. The van der Waals surface area contributed by atoms with E-state index in [1.165, 1.54) is 0 Å². The van der Waals surface area contributed by atoms with Crippen molar-refractivity contribution >= 4 is 34.8 Å². The number of benzene rings is 2. The van der Waals surface area contributed by atoms with Gasteiger partial charge in [0.15, 0.2) is 5.11 Å². The minimum absolute atomic E-state index is 0.140. The van der Waals surface area contributed by atoms with Gasteiger partial charge in [0.05, 0.1) is 12.2 Å². The predicted octanol–water partition coefficient (Wildman–Crippen LogP) is 4.38. The average molecular weight is 428 g/mol. The van der Waals surface area contributed by atoms with Crippen LogP contribution in [0.3, 0.4) is 0 Å². The molecule has 0 atom stereocenters. The number of anilines is 1. The number of ether oxygens (including phenoxy) is 1. The third-order valence-corrected chi connectivity index (χ3v) is 4.33. The van der Waals surface area contributed by atoms with Gasteiger partial charge in [-0.25, -0.2) is 0 Å². The molecule has 0 heterocycles. The molecule has 0 aliphatic heterocycles. The first kappa shape index (κ1) is 23.3. The molecule has 0 saturated heterocycles. The van der Waals surface area contributed by atoms with Crippen LogP contribution in [0.4, 0.5) is 5.69 Å². The third-order valence-electron chi connectivity index (χ3n) is 4.13. The van der Waals surface area contributed by atoms with Crippen molar-refractivity contribution in [2.75, 3.05) is 18.5 Å². The molecule has 0 aromatic heterocycles. The lowest BCUT2D eigenvalue weighted by molar-refractivity contribution is 0.0950. The lowest BCUT2D eigenvalue weighted by atomic mass is 10.1. The third kappa shape index (κ3) is 7.48. The Morgan fingerprint density at radius 2 is 1.83 bits per heavy atom. The molecule has 0 aliphatic carbocycles. The summed E-state index contributed by atoms with van der Waals surface area (Å²) in [5.41, 5.74) is 1.55. The average Bonchev–Trinajstić information content (AvgIpc) is 2.72. The van der Waals surface area contributed by atoms with Crippen molar-refractivity contribution in [1.29, 1.82) is 0 Å². The van der Waals surface area contributed by atoms with Crippen LogP contribution in [0.15, 0.2) is 48.5 Å². The molecule has 30 heavy (non-hydrogen) atoms. The first-order valence-corrected chi connectivity index (χ1v) is 10.5. The number of carbonyl (C=O) groups is 2. The predicted molar refractivity (Wildman–Crippen MR) is 124 cm³/mol. The van der Waals surface area contributed by atoms with Crippen molar-refractivity contribution in [1.82, 2.24) is 10.6 Å². The van der Waals surface area contributed by atoms with Crippen molar-refractivity contribution in [3.63, 3.8) is 0 Å². The van der Waals surface area contributed by atoms with E-state index in [1.807, 2.05) is 19.9 Å². The standard InChI is InChI=1S/C23H29N3O3S/c1-4-5-13-24-21(27)17-9-8-10-18(14-17)25-23(30)26-22(28)19-11-6-7-12-20(19)29-15-16(2)3/h6-12,14,16H,4-5,13,15H2,1-3H3,(H,24,27)(H2,25,26,28,30). The minimum Gasteiger partial charge on any atom is -0.492 e. The highest BCUT2D eigenvalue weighted by molar-refractivity contribution is 7.80. The second-order valence-corrected chi connectivity index (χ2v) is 7.71. The topological polar surface area (TPSA) is 79.5 Å². The second-order valence-electron chi connectivity index (χ2n) is 7.30. The van der Waals surface area contributed by atoms with E-state index in [4.69, 9.17) is 17.0 Å². The quantitative estimate of drug-likeness (QED) is 0.409. The Morgan fingerprint density at radius 1 is 1.07 bits per heavy atom. The van der Waals surface area contributed by atoms with Gasteiger partial charge >= 0.3 is 0 Å². The Balaban J connectivity index is 1.98. The zero-order valence-corrected chi connectivity index (χ0v) is 18.5. The molecule has 3 N–H and O–H groups in total. The van der Waals surface area contributed by atoms with E-state index in [-0.39, 0.29) is 16.9 Å². The van der Waals surface area contributed by atoms with Gasteiger partial charge in [-0.2, -0.15) is 0 Å². The van der Waals surface area contributed by atoms with E-state index >= 15 is 0 Å². The van der Waals surface area contributed by atoms with Gasteiger partial charge in [0.1, 0.15) is 5.75 Å². The van der Waals surface area contributed by atoms with Gasteiger partial charge in [0.25, 0.3) is 11.8 Å². The molecule has 2 aromatic rings. The molecule has 2 rings (SSSR count). The maximum absolute atomic E-state index is 12.6. The number of amides is 2. The number of hydrogen-bond donors (Lipinski definition) is 3. The van der Waals surface area contributed by atoms with E-state index in [2.05, 4.69) is 22.9 Å². The van der Waals surface area contributed by atoms with Crippen LogP contribution in [0.5, 0.6) is 5.75 Å². The molecule has 2 aromatic carbocycles. The lowest BCUT2D eigenvalue weighted by Gasteiger charge is -2.14. The van der Waals surface area contributed by atoms with Gasteiger partial charge in [0.2, 0.25) is 0 Å². The van der Waals surface area contributed by atoms with E-state index < -0.39 is 0 Å². The molecular formula is C23H29N3O3S. The van der Waals surface area contributed by atoms with Gasteiger partial charge < -0.3 is 15.4 Å². The Labute approximate surface area is 183 Å². The van der Waals surface area contributed by atoms with Crippen LogP contribution in [0.2, 0.25) is 0 Å². The summed E-state index contributed by atoms with van der Waals surface area (Å²) in [6, 6.07) is 14.0. The molecule has 0 fully saturated rings. The van der Waals surface area contributed by atoms with Crippen LogP contribution in [0.1, 0.15) is 54.3 Å². The monoisotopic (exact) mass is 427 g/mol. The maximum atomic E-state index is 12.6. The van der Waals surface area contributed by atoms with Crippen LogP contribution in [0, 0.1) is 5.92 Å². The molecule has 0 saturated carbocycles. The molecule has 0 unspecified atom stereocenters. The number of unbranched alkanes of at least 4 members (excludes halogenated alkanes) is 1. The van der Waals surface area contributed by atoms with Gasteiger partial charge in [0, 0.05) is 17.8 Å². The minimum atomic E-state index is -0.361. The van der Waals surface area contributed by atoms with Crippen LogP contribution in [0.25, 0.3) is 0 Å². The molecule has 160 valence electrons. The van der Waals surface area contributed by atoms with E-state index in [0.717, 1.165) is 12.8 Å². The Hall–Kier alpha value is -2.93. The van der Waals surface area contributed by atoms with E-state index in [9.17, 15) is 9.59 Å². The molecule has 2 amide bonds. The number of hydrogen-bond acceptors (Lipinski definition) is 4. The molecule has 0 radical (unpaired) electrons. The van der Waals surface area contributed by atoms with Crippen LogP contribution < -0.4 is 20.7 Å². The number of rotatable bonds is 9. The fourth-order valence-corrected chi connectivity index (χ4v) is 2.80. The van der Waals surface area contributed by atoms with Crippen LogP contribution in [-0.2, 0) is 0 Å².